The summed E-state index contributed by atoms with van der Waals surface area (Å²) in [6.07, 6.45) is 6.07. The lowest BCUT2D eigenvalue weighted by molar-refractivity contribution is -0.194. The van der Waals surface area contributed by atoms with Crippen LogP contribution < -0.4 is 0 Å². The van der Waals surface area contributed by atoms with Crippen LogP contribution in [0.15, 0.2) is 12.2 Å². The van der Waals surface area contributed by atoms with Crippen molar-refractivity contribution in [3.8, 4) is 0 Å². The summed E-state index contributed by atoms with van der Waals surface area (Å²) in [5.74, 6) is 0.905. The second kappa shape index (κ2) is 5.57. The molecule has 0 heterocycles. The van der Waals surface area contributed by atoms with Crippen LogP contribution in [0.5, 0.6) is 0 Å². The fourth-order valence-electron chi connectivity index (χ4n) is 6.41. The third-order valence-corrected chi connectivity index (χ3v) is 8.26. The summed E-state index contributed by atoms with van der Waals surface area (Å²) < 4.78 is 0. The second-order valence-electron chi connectivity index (χ2n) is 9.34. The highest BCUT2D eigenvalue weighted by molar-refractivity contribution is 5.21. The molecule has 0 bridgehead atoms. The number of allylic oxidation sites excluding steroid dienone is 1. The molecule has 23 heavy (non-hydrogen) atoms. The molecule has 3 fully saturated rings. The highest BCUT2D eigenvalue weighted by Crippen LogP contribution is 2.67. The van der Waals surface area contributed by atoms with Gasteiger partial charge in [-0.3, -0.25) is 0 Å². The fourth-order valence-corrected chi connectivity index (χ4v) is 6.41. The zero-order valence-electron chi connectivity index (χ0n) is 15.0. The lowest BCUT2D eigenvalue weighted by Gasteiger charge is -2.64. The van der Waals surface area contributed by atoms with Crippen molar-refractivity contribution in [3.05, 3.63) is 12.2 Å². The molecule has 3 saturated carbocycles. The monoisotopic (exact) mass is 322 g/mol. The summed E-state index contributed by atoms with van der Waals surface area (Å²) in [6, 6.07) is 0. The van der Waals surface area contributed by atoms with Crippen molar-refractivity contribution >= 4 is 0 Å². The summed E-state index contributed by atoms with van der Waals surface area (Å²) >= 11 is 0. The molecule has 3 heteroatoms. The third-order valence-electron chi connectivity index (χ3n) is 8.26. The molecule has 7 unspecified atom stereocenters. The van der Waals surface area contributed by atoms with E-state index < -0.39 is 12.2 Å². The maximum Gasteiger partial charge on any atom is 0.0825 e. The van der Waals surface area contributed by atoms with E-state index in [9.17, 15) is 15.3 Å². The van der Waals surface area contributed by atoms with Crippen molar-refractivity contribution in [1.29, 1.82) is 0 Å². The van der Waals surface area contributed by atoms with Crippen LogP contribution >= 0.6 is 0 Å². The van der Waals surface area contributed by atoms with Gasteiger partial charge in [0.25, 0.3) is 0 Å². The number of aliphatic hydroxyl groups is 3. The van der Waals surface area contributed by atoms with E-state index >= 15 is 0 Å². The number of fused-ring (bicyclic) bond motifs is 3. The lowest BCUT2D eigenvalue weighted by atomic mass is 9.41. The minimum Gasteiger partial charge on any atom is -0.394 e. The number of hydrogen-bond donors (Lipinski definition) is 3. The summed E-state index contributed by atoms with van der Waals surface area (Å²) in [5, 5.41) is 30.9. The molecule has 7 atom stereocenters. The Kier molecular flexibility index (Phi) is 4.23. The SMILES string of the molecule is C=C1CCCC2C1(C)CCC1CC(C)(C(O)CO)CC(O)C12C. The lowest BCUT2D eigenvalue weighted by Crippen LogP contribution is -2.61. The zero-order chi connectivity index (χ0) is 17.0. The van der Waals surface area contributed by atoms with Gasteiger partial charge in [0.05, 0.1) is 18.8 Å². The van der Waals surface area contributed by atoms with E-state index in [4.69, 9.17) is 0 Å². The molecule has 3 rings (SSSR count). The average Bonchev–Trinajstić information content (AvgIpc) is 2.50. The third kappa shape index (κ3) is 2.34. The number of aliphatic hydroxyl groups excluding tert-OH is 3. The van der Waals surface area contributed by atoms with Crippen molar-refractivity contribution in [2.24, 2.45) is 28.1 Å². The van der Waals surface area contributed by atoms with E-state index in [2.05, 4.69) is 20.4 Å². The van der Waals surface area contributed by atoms with Crippen LogP contribution in [0.2, 0.25) is 0 Å². The van der Waals surface area contributed by atoms with Gasteiger partial charge in [0, 0.05) is 0 Å². The molecule has 3 aliphatic carbocycles. The normalized spacial score (nSPS) is 51.7. The van der Waals surface area contributed by atoms with Gasteiger partial charge >= 0.3 is 0 Å². The Morgan fingerprint density at radius 2 is 1.91 bits per heavy atom. The van der Waals surface area contributed by atoms with E-state index in [-0.39, 0.29) is 22.9 Å². The summed E-state index contributed by atoms with van der Waals surface area (Å²) in [5.41, 5.74) is 1.07. The van der Waals surface area contributed by atoms with E-state index in [1.807, 2.05) is 6.92 Å². The molecule has 0 amide bonds. The molecule has 3 nitrogen and oxygen atoms in total. The van der Waals surface area contributed by atoms with Crippen LogP contribution in [0.1, 0.15) is 65.7 Å². The Morgan fingerprint density at radius 1 is 1.22 bits per heavy atom. The molecule has 0 saturated heterocycles. The van der Waals surface area contributed by atoms with Crippen molar-refractivity contribution in [2.75, 3.05) is 6.61 Å². The van der Waals surface area contributed by atoms with Crippen LogP contribution in [-0.4, -0.2) is 34.1 Å². The van der Waals surface area contributed by atoms with Gasteiger partial charge < -0.3 is 15.3 Å². The summed E-state index contributed by atoms with van der Waals surface area (Å²) in [6.45, 7) is 10.8. The molecule has 0 radical (unpaired) electrons. The van der Waals surface area contributed by atoms with E-state index in [0.717, 1.165) is 25.7 Å². The van der Waals surface area contributed by atoms with E-state index in [0.29, 0.717) is 18.3 Å². The average molecular weight is 322 g/mol. The molecule has 132 valence electrons. The fraction of sp³-hybridized carbons (Fsp3) is 0.900. The largest absolute Gasteiger partial charge is 0.394 e. The van der Waals surface area contributed by atoms with Crippen molar-refractivity contribution < 1.29 is 15.3 Å². The van der Waals surface area contributed by atoms with Gasteiger partial charge in [-0.2, -0.15) is 0 Å². The molecule has 0 aromatic rings. The van der Waals surface area contributed by atoms with Crippen molar-refractivity contribution in [3.63, 3.8) is 0 Å². The summed E-state index contributed by atoms with van der Waals surface area (Å²) in [7, 11) is 0. The van der Waals surface area contributed by atoms with Gasteiger partial charge in [-0.15, -0.1) is 0 Å². The Balaban J connectivity index is 1.94. The smallest absolute Gasteiger partial charge is 0.0825 e. The molecule has 0 spiro atoms. The van der Waals surface area contributed by atoms with Crippen LogP contribution in [0.25, 0.3) is 0 Å². The van der Waals surface area contributed by atoms with Crippen molar-refractivity contribution in [1.82, 2.24) is 0 Å². The quantitative estimate of drug-likeness (QED) is 0.684. The summed E-state index contributed by atoms with van der Waals surface area (Å²) in [4.78, 5) is 0. The van der Waals surface area contributed by atoms with Gasteiger partial charge in [0.2, 0.25) is 0 Å². The molecule has 0 aromatic carbocycles. The van der Waals surface area contributed by atoms with E-state index in [1.54, 1.807) is 0 Å². The minimum absolute atomic E-state index is 0.0922. The Hall–Kier alpha value is -0.380. The molecule has 0 aliphatic heterocycles. The first-order valence-electron chi connectivity index (χ1n) is 9.34. The molecule has 0 aromatic heterocycles. The van der Waals surface area contributed by atoms with E-state index in [1.165, 1.54) is 18.4 Å². The highest BCUT2D eigenvalue weighted by Gasteiger charge is 2.62. The first kappa shape index (κ1) is 17.4. The predicted octanol–water partition coefficient (Wildman–Crippen LogP) is 3.28. The maximum atomic E-state index is 11.2. The van der Waals surface area contributed by atoms with Gasteiger partial charge in [-0.1, -0.05) is 32.9 Å². The Labute approximate surface area is 140 Å². The van der Waals surface area contributed by atoms with Crippen LogP contribution in [-0.2, 0) is 0 Å². The van der Waals surface area contributed by atoms with Gasteiger partial charge in [0.1, 0.15) is 0 Å². The van der Waals surface area contributed by atoms with Gasteiger partial charge in [-0.05, 0) is 73.0 Å². The topological polar surface area (TPSA) is 60.7 Å². The molecule has 3 N–H and O–H groups in total. The highest BCUT2D eigenvalue weighted by atomic mass is 16.3. The van der Waals surface area contributed by atoms with Crippen LogP contribution in [0, 0.1) is 28.1 Å². The second-order valence-corrected chi connectivity index (χ2v) is 9.34. The molecular weight excluding hydrogens is 288 g/mol. The first-order chi connectivity index (χ1) is 10.7. The van der Waals surface area contributed by atoms with Gasteiger partial charge in [0.15, 0.2) is 0 Å². The van der Waals surface area contributed by atoms with Crippen molar-refractivity contribution in [2.45, 2.75) is 77.9 Å². The maximum absolute atomic E-state index is 11.2. The van der Waals surface area contributed by atoms with Crippen LogP contribution in [0.4, 0.5) is 0 Å². The van der Waals surface area contributed by atoms with Gasteiger partial charge in [-0.25, -0.2) is 0 Å². The standard InChI is InChI=1S/C20H34O3/c1-13-6-5-7-15-19(13,3)9-8-14-10-18(2,17(23)12-21)11-16(22)20(14,15)4/h14-17,21-23H,1,5-12H2,2-4H3. The predicted molar refractivity (Wildman–Crippen MR) is 91.9 cm³/mol. The minimum atomic E-state index is -0.740. The number of hydrogen-bond acceptors (Lipinski definition) is 3. The number of rotatable bonds is 2. The Bertz CT molecular complexity index is 489. The first-order valence-corrected chi connectivity index (χ1v) is 9.34. The van der Waals surface area contributed by atoms with Crippen LogP contribution in [0.3, 0.4) is 0 Å². The Morgan fingerprint density at radius 3 is 2.57 bits per heavy atom. The molecular formula is C20H34O3. The molecule has 3 aliphatic rings. The zero-order valence-corrected chi connectivity index (χ0v) is 15.0.